The van der Waals surface area contributed by atoms with Crippen LogP contribution in [0.1, 0.15) is 69.3 Å². The summed E-state index contributed by atoms with van der Waals surface area (Å²) in [7, 11) is 0. The van der Waals surface area contributed by atoms with Gasteiger partial charge in [0.2, 0.25) is 0 Å². The van der Waals surface area contributed by atoms with Gasteiger partial charge in [0.05, 0.1) is 11.1 Å². The summed E-state index contributed by atoms with van der Waals surface area (Å²) >= 11 is 3.45. The molecule has 3 amide bonds. The second kappa shape index (κ2) is 17.6. The first kappa shape index (κ1) is 33.2. The van der Waals surface area contributed by atoms with Crippen LogP contribution < -0.4 is 32.9 Å². The van der Waals surface area contributed by atoms with Crippen LogP contribution in [0.2, 0.25) is 0 Å². The van der Waals surface area contributed by atoms with Gasteiger partial charge in [0.25, 0.3) is 5.91 Å². The number of ether oxygens (including phenoxy) is 2. The molecule has 0 bridgehead atoms. The normalized spacial score (nSPS) is 11.9. The maximum Gasteiger partial charge on any atom is 0.409 e. The van der Waals surface area contributed by atoms with Crippen molar-refractivity contribution in [2.75, 3.05) is 11.9 Å². The molecule has 0 aliphatic carbocycles. The van der Waals surface area contributed by atoms with Crippen LogP contribution in [-0.2, 0) is 22.4 Å². The molecular weight excluding hydrogens is 576 g/mol. The molecule has 0 radical (unpaired) electrons. The first-order valence-electron chi connectivity index (χ1n) is 12.7. The number of halogens is 2. The predicted octanol–water partition coefficient (Wildman–Crippen LogP) is 2.32. The van der Waals surface area contributed by atoms with E-state index >= 15 is 0 Å². The molecule has 0 spiro atoms. The van der Waals surface area contributed by atoms with Crippen molar-refractivity contribution in [1.29, 1.82) is 0 Å². The number of alkyl carbamates (subject to hydrolysis) is 2. The summed E-state index contributed by atoms with van der Waals surface area (Å²) in [6, 6.07) is 9.13. The number of pyridine rings is 1. The van der Waals surface area contributed by atoms with Crippen molar-refractivity contribution < 1.29 is 40.8 Å². The summed E-state index contributed by atoms with van der Waals surface area (Å²) in [5.74, 6) is -0.195. The van der Waals surface area contributed by atoms with Gasteiger partial charge in [-0.15, -0.1) is 0 Å². The zero-order valence-corrected chi connectivity index (χ0v) is 24.7. The van der Waals surface area contributed by atoms with Crippen LogP contribution in [0.3, 0.4) is 0 Å². The number of carbonyl (C=O) groups is 3. The van der Waals surface area contributed by atoms with Crippen LogP contribution in [0, 0.1) is 0 Å². The number of benzene rings is 1. The molecule has 0 aliphatic rings. The Morgan fingerprint density at radius 2 is 1.71 bits per heavy atom. The first-order chi connectivity index (χ1) is 17.7. The first-order valence-corrected chi connectivity index (χ1v) is 13.5. The highest BCUT2D eigenvalue weighted by molar-refractivity contribution is 9.10. The lowest BCUT2D eigenvalue weighted by Gasteiger charge is -2.18. The van der Waals surface area contributed by atoms with Crippen molar-refractivity contribution in [3.05, 3.63) is 58.3 Å². The van der Waals surface area contributed by atoms with E-state index in [4.69, 9.17) is 9.47 Å². The minimum absolute atomic E-state index is 0. The summed E-state index contributed by atoms with van der Waals surface area (Å²) in [6.07, 6.45) is 6.10. The molecule has 11 heteroatoms. The molecule has 1 aromatic heterocycles. The molecule has 3 N–H and O–H groups in total. The second-order valence-corrected chi connectivity index (χ2v) is 9.81. The van der Waals surface area contributed by atoms with Crippen molar-refractivity contribution in [1.82, 2.24) is 10.6 Å². The number of aromatic nitrogens is 1. The molecule has 2 atom stereocenters. The molecule has 2 rings (SSSR count). The van der Waals surface area contributed by atoms with Gasteiger partial charge in [0, 0.05) is 24.6 Å². The molecule has 0 saturated heterocycles. The fraction of sp³-hybridized carbons (Fsp3) is 0.481. The third kappa shape index (κ3) is 12.6. The number of nitrogens with one attached hydrogen (secondary N) is 3. The smallest absolute Gasteiger partial charge is 0.409 e. The number of carbonyl (C=O) groups excluding carboxylic acids is 3. The Kier molecular flexibility index (Phi) is 15.4. The average Bonchev–Trinajstić information content (AvgIpc) is 2.83. The van der Waals surface area contributed by atoms with E-state index in [9.17, 15) is 14.4 Å². The van der Waals surface area contributed by atoms with E-state index in [-0.39, 0.29) is 31.0 Å². The Balaban J connectivity index is 0.00000722. The van der Waals surface area contributed by atoms with Crippen LogP contribution in [0.15, 0.2) is 47.2 Å². The molecular formula is C27H38BrClN4O5. The van der Waals surface area contributed by atoms with E-state index in [2.05, 4.69) is 45.7 Å². The van der Waals surface area contributed by atoms with Gasteiger partial charge in [-0.1, -0.05) is 38.8 Å². The monoisotopic (exact) mass is 612 g/mol. The van der Waals surface area contributed by atoms with E-state index in [1.807, 2.05) is 36.0 Å². The highest BCUT2D eigenvalue weighted by Gasteiger charge is 2.15. The van der Waals surface area contributed by atoms with E-state index < -0.39 is 18.4 Å². The van der Waals surface area contributed by atoms with Crippen molar-refractivity contribution in [2.45, 2.75) is 78.6 Å². The number of rotatable bonds is 13. The van der Waals surface area contributed by atoms with E-state index in [0.717, 1.165) is 42.3 Å². The molecule has 1 heterocycles. The van der Waals surface area contributed by atoms with Crippen molar-refractivity contribution in [2.24, 2.45) is 0 Å². The fourth-order valence-electron chi connectivity index (χ4n) is 3.54. The SMILES string of the molecule is CCCCC(C)NC(=O)OC(C)NC(=O)OCCc1ccc(NC(=O)c2cc(Br)c[n+](CCC)c2)cc1.[Cl-]. The van der Waals surface area contributed by atoms with Gasteiger partial charge in [0.15, 0.2) is 18.6 Å². The van der Waals surface area contributed by atoms with Crippen molar-refractivity contribution >= 4 is 39.7 Å². The summed E-state index contributed by atoms with van der Waals surface area (Å²) in [4.78, 5) is 36.5. The lowest BCUT2D eigenvalue weighted by atomic mass is 10.1. The lowest BCUT2D eigenvalue weighted by molar-refractivity contribution is -0.697. The largest absolute Gasteiger partial charge is 1.00 e. The summed E-state index contributed by atoms with van der Waals surface area (Å²) < 4.78 is 13.1. The zero-order chi connectivity index (χ0) is 27.2. The Labute approximate surface area is 239 Å². The van der Waals surface area contributed by atoms with Gasteiger partial charge in [-0.05, 0) is 60.0 Å². The summed E-state index contributed by atoms with van der Waals surface area (Å²) in [6.45, 7) is 8.62. The number of unbranched alkanes of at least 4 members (excludes halogenated alkanes) is 1. The second-order valence-electron chi connectivity index (χ2n) is 8.90. The van der Waals surface area contributed by atoms with Gasteiger partial charge in [-0.2, -0.15) is 0 Å². The number of nitrogens with zero attached hydrogens (tertiary/aromatic N) is 1. The van der Waals surface area contributed by atoms with E-state index in [1.165, 1.54) is 0 Å². The van der Waals surface area contributed by atoms with E-state index in [1.54, 1.807) is 25.1 Å². The maximum absolute atomic E-state index is 12.7. The highest BCUT2D eigenvalue weighted by Crippen LogP contribution is 2.14. The highest BCUT2D eigenvalue weighted by atomic mass is 79.9. The van der Waals surface area contributed by atoms with Crippen LogP contribution in [0.4, 0.5) is 15.3 Å². The molecule has 2 unspecified atom stereocenters. The standard InChI is InChI=1S/C27H37BrN4O5.ClH/c1-5-7-8-19(3)29-27(35)37-20(4)30-26(34)36-15-13-21-9-11-24(12-10-21)31-25(33)22-16-23(28)18-32(17-22)14-6-2;/h9-12,16-20H,5-8,13-15H2,1-4H3,(H2-,29,30,31,33,34,35);1H. The minimum Gasteiger partial charge on any atom is -1.00 e. The number of hydrogen-bond acceptors (Lipinski definition) is 5. The maximum atomic E-state index is 12.7. The van der Waals surface area contributed by atoms with Gasteiger partial charge in [-0.3, -0.25) is 10.1 Å². The fourth-order valence-corrected chi connectivity index (χ4v) is 4.05. The number of anilines is 1. The average molecular weight is 614 g/mol. The predicted molar refractivity (Wildman–Crippen MR) is 145 cm³/mol. The van der Waals surface area contributed by atoms with Crippen LogP contribution >= 0.6 is 15.9 Å². The molecule has 1 aromatic carbocycles. The number of amides is 3. The molecule has 38 heavy (non-hydrogen) atoms. The summed E-state index contributed by atoms with van der Waals surface area (Å²) in [5, 5.41) is 8.11. The van der Waals surface area contributed by atoms with E-state index in [0.29, 0.717) is 17.7 Å². The van der Waals surface area contributed by atoms with Gasteiger partial charge in [-0.25, -0.2) is 14.2 Å². The topological polar surface area (TPSA) is 110 Å². The zero-order valence-electron chi connectivity index (χ0n) is 22.4. The molecule has 0 fully saturated rings. The Hall–Kier alpha value is -2.85. The summed E-state index contributed by atoms with van der Waals surface area (Å²) in [5.41, 5.74) is 2.18. The van der Waals surface area contributed by atoms with Gasteiger partial charge >= 0.3 is 12.2 Å². The van der Waals surface area contributed by atoms with Crippen LogP contribution in [0.5, 0.6) is 0 Å². The van der Waals surface area contributed by atoms with Crippen LogP contribution in [-0.4, -0.2) is 37.0 Å². The Morgan fingerprint density at radius 3 is 2.37 bits per heavy atom. The van der Waals surface area contributed by atoms with Crippen molar-refractivity contribution in [3.63, 3.8) is 0 Å². The number of hydrogen-bond donors (Lipinski definition) is 3. The quantitative estimate of drug-likeness (QED) is 0.237. The molecule has 0 aliphatic heterocycles. The van der Waals surface area contributed by atoms with Gasteiger partial charge < -0.3 is 32.5 Å². The molecule has 0 saturated carbocycles. The number of aryl methyl sites for hydroxylation is 1. The van der Waals surface area contributed by atoms with Crippen molar-refractivity contribution in [3.8, 4) is 0 Å². The molecule has 9 nitrogen and oxygen atoms in total. The Morgan fingerprint density at radius 1 is 1.00 bits per heavy atom. The minimum atomic E-state index is -0.824. The van der Waals surface area contributed by atoms with Gasteiger partial charge in [0.1, 0.15) is 12.1 Å². The van der Waals surface area contributed by atoms with Crippen LogP contribution in [0.25, 0.3) is 0 Å². The Bertz CT molecular complexity index is 1040. The third-order valence-electron chi connectivity index (χ3n) is 5.43. The lowest BCUT2D eigenvalue weighted by Crippen LogP contribution is -3.00. The molecule has 2 aromatic rings. The third-order valence-corrected chi connectivity index (χ3v) is 5.86. The molecule has 210 valence electrons.